The number of carbonyl (C=O) groups excluding carboxylic acids is 2. The molecule has 2 amide bonds. The van der Waals surface area contributed by atoms with Crippen LogP contribution in [0, 0.1) is 0 Å². The number of aromatic amines is 1. The molecule has 2 N–H and O–H groups in total. The summed E-state index contributed by atoms with van der Waals surface area (Å²) < 4.78 is 5.92. The Morgan fingerprint density at radius 3 is 2.72 bits per heavy atom. The normalized spacial score (nSPS) is 20.4. The van der Waals surface area contributed by atoms with E-state index in [9.17, 15) is 14.7 Å². The average Bonchev–Trinajstić information content (AvgIpc) is 3.18. The van der Waals surface area contributed by atoms with Gasteiger partial charge in [-0.1, -0.05) is 36.4 Å². The highest BCUT2D eigenvalue weighted by Crippen LogP contribution is 2.44. The number of carbonyl (C=O) groups is 2. The van der Waals surface area contributed by atoms with Gasteiger partial charge in [-0.2, -0.15) is 0 Å². The van der Waals surface area contributed by atoms with E-state index in [-0.39, 0.29) is 25.0 Å². The fraction of sp³-hybridized carbons (Fsp3) is 0.360. The number of aliphatic hydroxyl groups excluding tert-OH is 1. The van der Waals surface area contributed by atoms with Gasteiger partial charge in [0.1, 0.15) is 17.8 Å². The lowest BCUT2D eigenvalue weighted by Gasteiger charge is -2.47. The molecule has 2 aliphatic rings. The lowest BCUT2D eigenvalue weighted by molar-refractivity contribution is -0.158. The SMILES string of the molecule is CCOc1ccccc1[C@@H]1c2[nH]c3ccccc3c2C[C@H]2C(=O)N(CCCO)CC(=O)N12. The van der Waals surface area contributed by atoms with Crippen LogP contribution in [0.15, 0.2) is 48.5 Å². The number of benzene rings is 2. The molecule has 32 heavy (non-hydrogen) atoms. The van der Waals surface area contributed by atoms with Crippen molar-refractivity contribution in [3.05, 3.63) is 65.4 Å². The van der Waals surface area contributed by atoms with Crippen LogP contribution in [0.4, 0.5) is 0 Å². The highest BCUT2D eigenvalue weighted by atomic mass is 16.5. The fourth-order valence-electron chi connectivity index (χ4n) is 5.09. The summed E-state index contributed by atoms with van der Waals surface area (Å²) >= 11 is 0. The average molecular weight is 434 g/mol. The van der Waals surface area contributed by atoms with Crippen LogP contribution in [0.3, 0.4) is 0 Å². The topological polar surface area (TPSA) is 85.9 Å². The second-order valence-corrected chi connectivity index (χ2v) is 8.29. The number of nitrogens with one attached hydrogen (secondary N) is 1. The lowest BCUT2D eigenvalue weighted by Crippen LogP contribution is -2.63. The Morgan fingerprint density at radius 2 is 1.91 bits per heavy atom. The zero-order valence-corrected chi connectivity index (χ0v) is 18.1. The molecular formula is C25H27N3O4. The minimum absolute atomic E-state index is 0.0106. The number of nitrogens with zero attached hydrogens (tertiary/aromatic N) is 2. The van der Waals surface area contributed by atoms with Gasteiger partial charge in [0.25, 0.3) is 0 Å². The zero-order valence-electron chi connectivity index (χ0n) is 18.1. The van der Waals surface area contributed by atoms with E-state index in [2.05, 4.69) is 11.1 Å². The summed E-state index contributed by atoms with van der Waals surface area (Å²) in [7, 11) is 0. The maximum absolute atomic E-state index is 13.5. The number of hydrogen-bond acceptors (Lipinski definition) is 4. The first-order valence-electron chi connectivity index (χ1n) is 11.2. The van der Waals surface area contributed by atoms with Crippen LogP contribution in [0.25, 0.3) is 10.9 Å². The van der Waals surface area contributed by atoms with Crippen molar-refractivity contribution in [1.82, 2.24) is 14.8 Å². The summed E-state index contributed by atoms with van der Waals surface area (Å²) in [6, 6.07) is 14.8. The first kappa shape index (κ1) is 20.6. The van der Waals surface area contributed by atoms with Crippen molar-refractivity contribution in [2.75, 3.05) is 26.3 Å². The van der Waals surface area contributed by atoms with E-state index in [0.29, 0.717) is 31.7 Å². The Kier molecular flexibility index (Phi) is 5.35. The van der Waals surface area contributed by atoms with Gasteiger partial charge in [-0.05, 0) is 31.0 Å². The molecule has 5 rings (SSSR count). The molecule has 2 aliphatic heterocycles. The summed E-state index contributed by atoms with van der Waals surface area (Å²) in [6.45, 7) is 2.84. The minimum atomic E-state index is -0.582. The van der Waals surface area contributed by atoms with Gasteiger partial charge in [-0.25, -0.2) is 0 Å². The van der Waals surface area contributed by atoms with E-state index in [1.165, 1.54) is 0 Å². The predicted octanol–water partition coefficient (Wildman–Crippen LogP) is 2.63. The van der Waals surface area contributed by atoms with E-state index < -0.39 is 12.1 Å². The van der Waals surface area contributed by atoms with Crippen molar-refractivity contribution in [2.24, 2.45) is 0 Å². The highest BCUT2D eigenvalue weighted by Gasteiger charge is 2.48. The molecule has 7 nitrogen and oxygen atoms in total. The molecule has 0 bridgehead atoms. The molecule has 166 valence electrons. The number of piperazine rings is 1. The third kappa shape index (κ3) is 3.24. The summed E-state index contributed by atoms with van der Waals surface area (Å²) in [6.07, 6.45) is 0.924. The van der Waals surface area contributed by atoms with Crippen LogP contribution < -0.4 is 4.74 Å². The van der Waals surface area contributed by atoms with E-state index >= 15 is 0 Å². The van der Waals surface area contributed by atoms with Crippen LogP contribution in [0.2, 0.25) is 0 Å². The van der Waals surface area contributed by atoms with E-state index in [4.69, 9.17) is 4.74 Å². The van der Waals surface area contributed by atoms with Gasteiger partial charge in [-0.3, -0.25) is 9.59 Å². The minimum Gasteiger partial charge on any atom is -0.494 e. The molecule has 0 unspecified atom stereocenters. The Bertz CT molecular complexity index is 1170. The molecule has 3 heterocycles. The van der Waals surface area contributed by atoms with Gasteiger partial charge in [0, 0.05) is 41.7 Å². The van der Waals surface area contributed by atoms with Crippen LogP contribution in [0.1, 0.15) is 36.2 Å². The fourth-order valence-corrected chi connectivity index (χ4v) is 5.09. The quantitative estimate of drug-likeness (QED) is 0.626. The molecule has 1 aromatic heterocycles. The van der Waals surface area contributed by atoms with Gasteiger partial charge in [0.2, 0.25) is 11.8 Å². The van der Waals surface area contributed by atoms with Crippen LogP contribution in [0.5, 0.6) is 5.75 Å². The third-order valence-electron chi connectivity index (χ3n) is 6.44. The van der Waals surface area contributed by atoms with Crippen molar-refractivity contribution in [1.29, 1.82) is 0 Å². The molecule has 0 radical (unpaired) electrons. The van der Waals surface area contributed by atoms with Crippen molar-refractivity contribution < 1.29 is 19.4 Å². The van der Waals surface area contributed by atoms with Crippen molar-refractivity contribution in [3.63, 3.8) is 0 Å². The number of H-pyrrole nitrogens is 1. The smallest absolute Gasteiger partial charge is 0.246 e. The number of amides is 2. The molecule has 2 atom stereocenters. The molecule has 0 aliphatic carbocycles. The zero-order chi connectivity index (χ0) is 22.2. The van der Waals surface area contributed by atoms with Crippen molar-refractivity contribution >= 4 is 22.7 Å². The van der Waals surface area contributed by atoms with Gasteiger partial charge >= 0.3 is 0 Å². The van der Waals surface area contributed by atoms with Gasteiger partial charge in [-0.15, -0.1) is 0 Å². The van der Waals surface area contributed by atoms with Crippen molar-refractivity contribution in [2.45, 2.75) is 31.8 Å². The maximum atomic E-state index is 13.5. The molecule has 3 aromatic rings. The van der Waals surface area contributed by atoms with Crippen LogP contribution in [-0.4, -0.2) is 64.0 Å². The maximum Gasteiger partial charge on any atom is 0.246 e. The lowest BCUT2D eigenvalue weighted by atomic mass is 9.86. The first-order chi connectivity index (χ1) is 15.6. The Morgan fingerprint density at radius 1 is 1.12 bits per heavy atom. The number of para-hydroxylation sites is 2. The summed E-state index contributed by atoms with van der Waals surface area (Å²) in [4.78, 5) is 33.8. The van der Waals surface area contributed by atoms with Gasteiger partial charge in [0.05, 0.1) is 13.2 Å². The Balaban J connectivity index is 1.68. The van der Waals surface area contributed by atoms with E-state index in [1.807, 2.05) is 49.4 Å². The summed E-state index contributed by atoms with van der Waals surface area (Å²) in [5.41, 5.74) is 3.88. The number of ether oxygens (including phenoxy) is 1. The first-order valence-corrected chi connectivity index (χ1v) is 11.2. The molecule has 0 spiro atoms. The number of hydrogen-bond donors (Lipinski definition) is 2. The third-order valence-corrected chi connectivity index (χ3v) is 6.44. The second kappa shape index (κ2) is 8.31. The summed E-state index contributed by atoms with van der Waals surface area (Å²) in [5, 5.41) is 10.3. The molecule has 2 aromatic carbocycles. The van der Waals surface area contributed by atoms with Crippen molar-refractivity contribution in [3.8, 4) is 5.75 Å². The van der Waals surface area contributed by atoms with Crippen LogP contribution >= 0.6 is 0 Å². The second-order valence-electron chi connectivity index (χ2n) is 8.29. The Hall–Kier alpha value is -3.32. The number of aromatic nitrogens is 1. The number of aliphatic hydroxyl groups is 1. The standard InChI is InChI=1S/C25H27N3O4/c1-2-32-21-11-6-4-9-17(21)24-23-18(16-8-3-5-10-19(16)26-23)14-20-25(31)27(12-7-13-29)15-22(30)28(20)24/h3-6,8-11,20,24,26,29H,2,7,12-15H2,1H3/t20-,24+/m0/s1. The molecule has 0 saturated carbocycles. The molecular weight excluding hydrogens is 406 g/mol. The van der Waals surface area contributed by atoms with E-state index in [1.54, 1.807) is 9.80 Å². The van der Waals surface area contributed by atoms with Gasteiger partial charge in [0.15, 0.2) is 0 Å². The highest BCUT2D eigenvalue weighted by molar-refractivity contribution is 5.97. The van der Waals surface area contributed by atoms with E-state index in [0.717, 1.165) is 27.7 Å². The predicted molar refractivity (Wildman–Crippen MR) is 120 cm³/mol. The molecule has 1 fully saturated rings. The monoisotopic (exact) mass is 433 g/mol. The largest absolute Gasteiger partial charge is 0.494 e. The molecule has 1 saturated heterocycles. The number of rotatable bonds is 6. The molecule has 7 heteroatoms. The Labute approximate surface area is 186 Å². The van der Waals surface area contributed by atoms with Gasteiger partial charge < -0.3 is 24.6 Å². The summed E-state index contributed by atoms with van der Waals surface area (Å²) in [5.74, 6) is 0.564. The number of fused-ring (bicyclic) bond motifs is 4. The van der Waals surface area contributed by atoms with Crippen LogP contribution in [-0.2, 0) is 16.0 Å².